The largest absolute Gasteiger partial charge is 0.492 e. The number of carbonyl (C=O) groups is 1. The number of nitrogens with zero attached hydrogens (tertiary/aromatic N) is 10. The van der Waals surface area contributed by atoms with Crippen LogP contribution in [0.25, 0.3) is 39.0 Å². The Balaban J connectivity index is 1.22. The fourth-order valence-electron chi connectivity index (χ4n) is 7.17. The third-order valence-electron chi connectivity index (χ3n) is 9.49. The second kappa shape index (κ2) is 12.8. The number of halogens is 2. The first-order valence-electron chi connectivity index (χ1n) is 16.6. The van der Waals surface area contributed by atoms with Crippen LogP contribution in [-0.4, -0.2) is 102 Å². The summed E-state index contributed by atoms with van der Waals surface area (Å²) in [7, 11) is 3.37. The Hall–Kier alpha value is -5.77. The number of anilines is 2. The molecule has 16 heteroatoms. The summed E-state index contributed by atoms with van der Waals surface area (Å²) in [6.07, 6.45) is 4.69. The van der Waals surface area contributed by atoms with Gasteiger partial charge in [0.15, 0.2) is 5.65 Å². The number of carbonyl (C=O) groups excluding carboxylic acids is 1. The van der Waals surface area contributed by atoms with E-state index in [1.54, 1.807) is 48.3 Å². The molecule has 14 nitrogen and oxygen atoms in total. The van der Waals surface area contributed by atoms with Crippen LogP contribution in [0.15, 0.2) is 55.1 Å². The van der Waals surface area contributed by atoms with Crippen LogP contribution in [0, 0.1) is 18.6 Å². The summed E-state index contributed by atoms with van der Waals surface area (Å²) in [5.41, 5.74) is 3.31. The Morgan fingerprint density at radius 3 is 2.71 bits per heavy atom. The lowest BCUT2D eigenvalue weighted by molar-refractivity contribution is -0.132. The van der Waals surface area contributed by atoms with Crippen LogP contribution in [0.2, 0.25) is 0 Å². The highest BCUT2D eigenvalue weighted by Crippen LogP contribution is 2.35. The number of methoxy groups -OCH3 is 1. The van der Waals surface area contributed by atoms with E-state index in [-0.39, 0.29) is 18.5 Å². The van der Waals surface area contributed by atoms with Gasteiger partial charge in [0.2, 0.25) is 11.9 Å². The van der Waals surface area contributed by atoms with Crippen LogP contribution in [0.5, 0.6) is 5.75 Å². The summed E-state index contributed by atoms with van der Waals surface area (Å²) in [5, 5.41) is 8.62. The van der Waals surface area contributed by atoms with Gasteiger partial charge in [0.05, 0.1) is 47.6 Å². The standard InChI is InChI=1S/C35H35F2N11O3/c1-5-51-30-12-20(36)6-7-28(30)48-33-25(14-41-48)32(39-18-40-33)47-15-22-13-29(47)34(49)45(3)16-23(50-4)17-46-19(2)42-27-11-21(37)10-24(31(27)46)26-8-9-38-35(43-22)44-26/h6-12,14,18,22-23,29H,5,13,15-17H2,1-4H3,(H,38,43,44)/t22-,23?,29-/m0/s1. The van der Waals surface area contributed by atoms with Crippen molar-refractivity contribution in [3.63, 3.8) is 0 Å². The number of nitrogens with one attached hydrogen (secondary N) is 1. The lowest BCUT2D eigenvalue weighted by atomic mass is 10.1. The summed E-state index contributed by atoms with van der Waals surface area (Å²) >= 11 is 0. The van der Waals surface area contributed by atoms with E-state index in [4.69, 9.17) is 14.5 Å². The number of rotatable bonds is 5. The Morgan fingerprint density at radius 2 is 1.88 bits per heavy atom. The number of hydrogen-bond acceptors (Lipinski definition) is 11. The van der Waals surface area contributed by atoms with Crippen molar-refractivity contribution < 1.29 is 23.0 Å². The Bertz CT molecular complexity index is 2290. The molecule has 1 fully saturated rings. The number of fused-ring (bicyclic) bond motifs is 6. The molecule has 1 unspecified atom stereocenters. The van der Waals surface area contributed by atoms with Crippen molar-refractivity contribution in [2.24, 2.45) is 0 Å². The van der Waals surface area contributed by atoms with Gasteiger partial charge in [-0.3, -0.25) is 4.79 Å². The van der Waals surface area contributed by atoms with Crippen LogP contribution < -0.4 is 15.0 Å². The molecule has 3 atom stereocenters. The first-order valence-corrected chi connectivity index (χ1v) is 16.6. The molecule has 4 aromatic heterocycles. The summed E-state index contributed by atoms with van der Waals surface area (Å²) in [6.45, 7) is 5.03. The predicted molar refractivity (Wildman–Crippen MR) is 185 cm³/mol. The topological polar surface area (TPSA) is 141 Å². The van der Waals surface area contributed by atoms with Crippen LogP contribution >= 0.6 is 0 Å². The Morgan fingerprint density at radius 1 is 1.02 bits per heavy atom. The zero-order valence-corrected chi connectivity index (χ0v) is 28.4. The molecule has 0 radical (unpaired) electrons. The van der Waals surface area contributed by atoms with E-state index < -0.39 is 23.8 Å². The second-order valence-electron chi connectivity index (χ2n) is 12.7. The average molecular weight is 696 g/mol. The minimum Gasteiger partial charge on any atom is -0.492 e. The van der Waals surface area contributed by atoms with E-state index in [9.17, 15) is 13.6 Å². The van der Waals surface area contributed by atoms with Crippen molar-refractivity contribution in [1.29, 1.82) is 0 Å². The number of imidazole rings is 1. The number of likely N-dealkylation sites (N-methyl/N-ethyl adjacent to an activating group) is 1. The van der Waals surface area contributed by atoms with E-state index >= 15 is 0 Å². The van der Waals surface area contributed by atoms with Gasteiger partial charge in [-0.25, -0.2) is 38.4 Å². The zero-order chi connectivity index (χ0) is 35.4. The van der Waals surface area contributed by atoms with E-state index in [2.05, 4.69) is 30.4 Å². The van der Waals surface area contributed by atoms with Crippen molar-refractivity contribution in [1.82, 2.24) is 44.2 Å². The third kappa shape index (κ3) is 5.74. The smallest absolute Gasteiger partial charge is 0.245 e. The van der Waals surface area contributed by atoms with Gasteiger partial charge in [0.1, 0.15) is 47.1 Å². The quantitative estimate of drug-likeness (QED) is 0.278. The number of ether oxygens (including phenoxy) is 2. The molecule has 1 saturated heterocycles. The third-order valence-corrected chi connectivity index (χ3v) is 9.49. The molecule has 2 aliphatic rings. The maximum atomic E-state index is 15.0. The molecule has 0 spiro atoms. The molecular weight excluding hydrogens is 660 g/mol. The van der Waals surface area contributed by atoms with Gasteiger partial charge in [-0.15, -0.1) is 0 Å². The fourth-order valence-corrected chi connectivity index (χ4v) is 7.17. The summed E-state index contributed by atoms with van der Waals surface area (Å²) in [6, 6.07) is 7.95. The van der Waals surface area contributed by atoms with Crippen molar-refractivity contribution in [3.05, 3.63) is 72.6 Å². The molecule has 1 N–H and O–H groups in total. The van der Waals surface area contributed by atoms with Crippen molar-refractivity contribution in [3.8, 4) is 22.7 Å². The van der Waals surface area contributed by atoms with E-state index in [0.29, 0.717) is 83.0 Å². The molecule has 0 aliphatic carbocycles. The SMILES string of the molecule is CCOc1cc(F)ccc1-n1ncc2c(N3C[C@@H]4C[C@H]3C(=O)N(C)CC(OC)Cn3c(C)nc5cc(F)cc(c53)-c3ccnc(n3)N4)ncnc21. The van der Waals surface area contributed by atoms with Gasteiger partial charge in [0, 0.05) is 57.2 Å². The van der Waals surface area contributed by atoms with Crippen molar-refractivity contribution in [2.45, 2.75) is 45.0 Å². The molecule has 6 aromatic rings. The Kier molecular flexibility index (Phi) is 8.17. The number of aromatic nitrogens is 8. The normalized spacial score (nSPS) is 19.3. The predicted octanol–water partition coefficient (Wildman–Crippen LogP) is 4.15. The van der Waals surface area contributed by atoms with Crippen molar-refractivity contribution >= 4 is 39.7 Å². The average Bonchev–Trinajstić information content (AvgIpc) is 3.82. The van der Waals surface area contributed by atoms with Gasteiger partial charge in [-0.05, 0) is 44.5 Å². The number of aryl methyl sites for hydroxylation is 1. The Labute approximate surface area is 291 Å². The molecular formula is C35H35F2N11O3. The maximum absolute atomic E-state index is 15.0. The van der Waals surface area contributed by atoms with Crippen LogP contribution in [-0.2, 0) is 16.1 Å². The number of amides is 1. The summed E-state index contributed by atoms with van der Waals surface area (Å²) < 4.78 is 44.3. The van der Waals surface area contributed by atoms with Gasteiger partial charge >= 0.3 is 0 Å². The number of hydrogen-bond donors (Lipinski definition) is 1. The van der Waals surface area contributed by atoms with Gasteiger partial charge in [-0.1, -0.05) is 0 Å². The first-order chi connectivity index (χ1) is 24.7. The molecule has 0 saturated carbocycles. The molecule has 262 valence electrons. The molecule has 1 amide bonds. The van der Waals surface area contributed by atoms with E-state index in [0.717, 1.165) is 5.52 Å². The lowest BCUT2D eigenvalue weighted by Gasteiger charge is -2.30. The van der Waals surface area contributed by atoms with E-state index in [1.165, 1.54) is 30.6 Å². The van der Waals surface area contributed by atoms with Gasteiger partial charge in [0.25, 0.3) is 0 Å². The molecule has 8 rings (SSSR count). The fraction of sp³-hybridized carbons (Fsp3) is 0.343. The lowest BCUT2D eigenvalue weighted by Crippen LogP contribution is -2.47. The van der Waals surface area contributed by atoms with Crippen molar-refractivity contribution in [2.75, 3.05) is 44.1 Å². The van der Waals surface area contributed by atoms with Gasteiger partial charge < -0.3 is 29.2 Å². The molecule has 6 heterocycles. The first kappa shape index (κ1) is 32.4. The molecule has 51 heavy (non-hydrogen) atoms. The highest BCUT2D eigenvalue weighted by molar-refractivity contribution is 5.93. The number of benzene rings is 2. The highest BCUT2D eigenvalue weighted by atomic mass is 19.1. The second-order valence-corrected chi connectivity index (χ2v) is 12.7. The molecule has 4 bridgehead atoms. The maximum Gasteiger partial charge on any atom is 0.245 e. The minimum atomic E-state index is -0.627. The summed E-state index contributed by atoms with van der Waals surface area (Å²) in [4.78, 5) is 41.2. The molecule has 2 aromatic carbocycles. The van der Waals surface area contributed by atoms with Gasteiger partial charge in [-0.2, -0.15) is 5.10 Å². The van der Waals surface area contributed by atoms with Crippen LogP contribution in [0.3, 0.4) is 0 Å². The highest BCUT2D eigenvalue weighted by Gasteiger charge is 2.41. The zero-order valence-electron chi connectivity index (χ0n) is 28.4. The van der Waals surface area contributed by atoms with Crippen LogP contribution in [0.4, 0.5) is 20.5 Å². The minimum absolute atomic E-state index is 0.128. The van der Waals surface area contributed by atoms with E-state index in [1.807, 2.05) is 23.3 Å². The van der Waals surface area contributed by atoms with Crippen LogP contribution in [0.1, 0.15) is 19.2 Å². The monoisotopic (exact) mass is 695 g/mol. The summed E-state index contributed by atoms with van der Waals surface area (Å²) in [5.74, 6) is 0.865. The molecule has 2 aliphatic heterocycles.